The number of rotatable bonds is 10. The number of imidazole rings is 1. The average molecular weight is 483 g/mol. The summed E-state index contributed by atoms with van der Waals surface area (Å²) in [4.78, 5) is 33.0. The van der Waals surface area contributed by atoms with E-state index in [1.165, 1.54) is 0 Å². The quantitative estimate of drug-likeness (QED) is 0.334. The van der Waals surface area contributed by atoms with Gasteiger partial charge in [0.05, 0.1) is 17.1 Å². The van der Waals surface area contributed by atoms with Gasteiger partial charge in [-0.25, -0.2) is 4.98 Å². The predicted octanol–water partition coefficient (Wildman–Crippen LogP) is 5.28. The molecular weight excluding hydrogens is 448 g/mol. The average Bonchev–Trinajstić information content (AvgIpc) is 3.25. The normalized spacial score (nSPS) is 12.0. The topological polar surface area (TPSA) is 67.2 Å². The van der Waals surface area contributed by atoms with Crippen molar-refractivity contribution in [2.45, 2.75) is 58.8 Å². The molecule has 0 aliphatic rings. The highest BCUT2D eigenvalue weighted by Crippen LogP contribution is 2.22. The lowest BCUT2D eigenvalue weighted by Crippen LogP contribution is -2.39. The molecule has 6 heteroatoms. The number of benzene rings is 3. The first-order chi connectivity index (χ1) is 17.4. The van der Waals surface area contributed by atoms with Crippen LogP contribution in [0.15, 0.2) is 84.9 Å². The number of fused-ring (bicyclic) bond motifs is 1. The number of para-hydroxylation sites is 2. The first-order valence-electron chi connectivity index (χ1n) is 12.5. The molecule has 0 spiro atoms. The molecule has 0 saturated carbocycles. The zero-order valence-electron chi connectivity index (χ0n) is 21.2. The van der Waals surface area contributed by atoms with Crippen LogP contribution in [0.1, 0.15) is 50.2 Å². The lowest BCUT2D eigenvalue weighted by molar-refractivity contribution is -0.134. The second-order valence-corrected chi connectivity index (χ2v) is 9.42. The van der Waals surface area contributed by atoms with Gasteiger partial charge in [-0.05, 0) is 50.5 Å². The summed E-state index contributed by atoms with van der Waals surface area (Å²) < 4.78 is 1.94. The summed E-state index contributed by atoms with van der Waals surface area (Å²) in [7, 11) is 0. The molecule has 1 atom stereocenters. The highest BCUT2D eigenvalue weighted by atomic mass is 16.2. The van der Waals surface area contributed by atoms with E-state index in [0.717, 1.165) is 22.2 Å². The minimum atomic E-state index is -0.338. The zero-order chi connectivity index (χ0) is 25.5. The Kier molecular flexibility index (Phi) is 8.16. The third-order valence-electron chi connectivity index (χ3n) is 6.37. The van der Waals surface area contributed by atoms with Crippen LogP contribution in [-0.4, -0.2) is 32.3 Å². The molecule has 0 aliphatic heterocycles. The highest BCUT2D eigenvalue weighted by molar-refractivity contribution is 5.82. The van der Waals surface area contributed by atoms with Gasteiger partial charge in [0.25, 0.3) is 0 Å². The lowest BCUT2D eigenvalue weighted by Gasteiger charge is -2.28. The molecule has 6 nitrogen and oxygen atoms in total. The summed E-state index contributed by atoms with van der Waals surface area (Å²) in [6, 6.07) is 27.5. The summed E-state index contributed by atoms with van der Waals surface area (Å²) in [6.45, 7) is 6.69. The minimum absolute atomic E-state index is 0.0147. The van der Waals surface area contributed by atoms with Crippen molar-refractivity contribution in [1.82, 2.24) is 19.8 Å². The summed E-state index contributed by atoms with van der Waals surface area (Å²) in [6.07, 6.45) is 1.07. The van der Waals surface area contributed by atoms with Gasteiger partial charge in [-0.2, -0.15) is 0 Å². The van der Waals surface area contributed by atoms with Crippen molar-refractivity contribution in [3.05, 3.63) is 102 Å². The molecule has 36 heavy (non-hydrogen) atoms. The Labute approximate surface area is 213 Å². The maximum atomic E-state index is 13.5. The molecule has 1 aromatic heterocycles. The van der Waals surface area contributed by atoms with E-state index in [9.17, 15) is 9.59 Å². The third-order valence-corrected chi connectivity index (χ3v) is 6.37. The van der Waals surface area contributed by atoms with E-state index >= 15 is 0 Å². The molecule has 186 valence electrons. The van der Waals surface area contributed by atoms with Gasteiger partial charge < -0.3 is 14.8 Å². The Balaban J connectivity index is 1.52. The SMILES string of the molecule is CC(NC(=O)CCc1ccccc1)c1nc2ccccc2n1CC(=O)N(Cc1ccccc1)C(C)C. The van der Waals surface area contributed by atoms with Gasteiger partial charge in [0.15, 0.2) is 0 Å². The molecule has 0 aliphatic carbocycles. The van der Waals surface area contributed by atoms with E-state index in [0.29, 0.717) is 25.2 Å². The molecule has 1 N–H and O–H groups in total. The summed E-state index contributed by atoms with van der Waals surface area (Å²) >= 11 is 0. The molecular formula is C30H34N4O2. The van der Waals surface area contributed by atoms with E-state index in [4.69, 9.17) is 4.98 Å². The van der Waals surface area contributed by atoms with Gasteiger partial charge in [-0.15, -0.1) is 0 Å². The molecule has 4 rings (SSSR count). The monoisotopic (exact) mass is 482 g/mol. The summed E-state index contributed by atoms with van der Waals surface area (Å²) in [5.41, 5.74) is 3.92. The van der Waals surface area contributed by atoms with Crippen LogP contribution in [-0.2, 0) is 29.1 Å². The molecule has 4 aromatic rings. The van der Waals surface area contributed by atoms with E-state index in [2.05, 4.69) is 5.32 Å². The zero-order valence-corrected chi connectivity index (χ0v) is 21.2. The van der Waals surface area contributed by atoms with Gasteiger partial charge in [-0.1, -0.05) is 72.8 Å². The van der Waals surface area contributed by atoms with Gasteiger partial charge >= 0.3 is 0 Å². The van der Waals surface area contributed by atoms with Crippen molar-refractivity contribution in [1.29, 1.82) is 0 Å². The third kappa shape index (κ3) is 6.19. The number of carbonyl (C=O) groups excluding carboxylic acids is 2. The number of carbonyl (C=O) groups is 2. The second kappa shape index (κ2) is 11.7. The Morgan fingerprint density at radius 2 is 1.47 bits per heavy atom. The van der Waals surface area contributed by atoms with Crippen LogP contribution in [0.25, 0.3) is 11.0 Å². The second-order valence-electron chi connectivity index (χ2n) is 9.42. The smallest absolute Gasteiger partial charge is 0.243 e. The predicted molar refractivity (Wildman–Crippen MR) is 143 cm³/mol. The van der Waals surface area contributed by atoms with E-state index in [1.807, 2.05) is 115 Å². The molecule has 0 radical (unpaired) electrons. The van der Waals surface area contributed by atoms with Crippen molar-refractivity contribution in [3.63, 3.8) is 0 Å². The fourth-order valence-electron chi connectivity index (χ4n) is 4.44. The van der Waals surface area contributed by atoms with Crippen LogP contribution in [0.2, 0.25) is 0 Å². The number of nitrogens with one attached hydrogen (secondary N) is 1. The standard InChI is InChI=1S/C30H34N4O2/c1-22(2)33(20-25-14-8-5-9-15-25)29(36)21-34-27-17-11-10-16-26(27)32-30(34)23(3)31-28(35)19-18-24-12-6-4-7-13-24/h4-17,22-23H,18-21H2,1-3H3,(H,31,35). The number of nitrogens with zero attached hydrogens (tertiary/aromatic N) is 3. The number of amides is 2. The number of aromatic nitrogens is 2. The van der Waals surface area contributed by atoms with E-state index in [-0.39, 0.29) is 30.4 Å². The molecule has 0 bridgehead atoms. The fraction of sp³-hybridized carbons (Fsp3) is 0.300. The van der Waals surface area contributed by atoms with Crippen LogP contribution in [0.3, 0.4) is 0 Å². The van der Waals surface area contributed by atoms with E-state index < -0.39 is 0 Å². The molecule has 0 fully saturated rings. The first kappa shape index (κ1) is 25.2. The van der Waals surface area contributed by atoms with Crippen LogP contribution in [0, 0.1) is 0 Å². The Hall–Kier alpha value is -3.93. The van der Waals surface area contributed by atoms with Gasteiger partial charge in [-0.3, -0.25) is 9.59 Å². The van der Waals surface area contributed by atoms with Gasteiger partial charge in [0, 0.05) is 19.0 Å². The Morgan fingerprint density at radius 3 is 2.14 bits per heavy atom. The maximum Gasteiger partial charge on any atom is 0.243 e. The van der Waals surface area contributed by atoms with Crippen molar-refractivity contribution in [2.75, 3.05) is 0 Å². The van der Waals surface area contributed by atoms with E-state index in [1.54, 1.807) is 0 Å². The van der Waals surface area contributed by atoms with Crippen molar-refractivity contribution in [3.8, 4) is 0 Å². The van der Waals surface area contributed by atoms with Crippen molar-refractivity contribution < 1.29 is 9.59 Å². The van der Waals surface area contributed by atoms with Gasteiger partial charge in [0.2, 0.25) is 11.8 Å². The van der Waals surface area contributed by atoms with Crippen LogP contribution in [0.5, 0.6) is 0 Å². The molecule has 1 unspecified atom stereocenters. The highest BCUT2D eigenvalue weighted by Gasteiger charge is 2.23. The Bertz CT molecular complexity index is 1300. The first-order valence-corrected chi connectivity index (χ1v) is 12.5. The van der Waals surface area contributed by atoms with Crippen LogP contribution < -0.4 is 5.32 Å². The maximum absolute atomic E-state index is 13.5. The van der Waals surface area contributed by atoms with Crippen LogP contribution in [0.4, 0.5) is 0 Å². The molecule has 3 aromatic carbocycles. The number of hydrogen-bond donors (Lipinski definition) is 1. The largest absolute Gasteiger partial charge is 0.346 e. The molecule has 0 saturated heterocycles. The van der Waals surface area contributed by atoms with Crippen molar-refractivity contribution in [2.24, 2.45) is 0 Å². The lowest BCUT2D eigenvalue weighted by atomic mass is 10.1. The Morgan fingerprint density at radius 1 is 0.861 bits per heavy atom. The number of hydrogen-bond acceptors (Lipinski definition) is 3. The van der Waals surface area contributed by atoms with Gasteiger partial charge in [0.1, 0.15) is 12.4 Å². The molecule has 1 heterocycles. The minimum Gasteiger partial charge on any atom is -0.346 e. The molecule has 2 amide bonds. The number of aryl methyl sites for hydroxylation is 1. The fourth-order valence-corrected chi connectivity index (χ4v) is 4.44. The summed E-state index contributed by atoms with van der Waals surface area (Å²) in [5, 5.41) is 3.09. The van der Waals surface area contributed by atoms with Crippen molar-refractivity contribution >= 4 is 22.8 Å². The van der Waals surface area contributed by atoms with Crippen LogP contribution >= 0.6 is 0 Å². The summed E-state index contributed by atoms with van der Waals surface area (Å²) in [5.74, 6) is 0.658.